The molecule has 0 aliphatic carbocycles. The third-order valence-electron chi connectivity index (χ3n) is 1.97. The molecule has 0 aliphatic rings. The van der Waals surface area contributed by atoms with Crippen LogP contribution in [0, 0.1) is 0 Å². The molecule has 1 aromatic carbocycles. The van der Waals surface area contributed by atoms with Gasteiger partial charge >= 0.3 is 10.1 Å². The Morgan fingerprint density at radius 2 is 1.78 bits per heavy atom. The van der Waals surface area contributed by atoms with Crippen LogP contribution in [0.2, 0.25) is 10.0 Å². The Bertz CT molecular complexity index is 549. The molecule has 0 unspecified atom stereocenters. The zero-order valence-electron chi connectivity index (χ0n) is 9.52. The van der Waals surface area contributed by atoms with E-state index < -0.39 is 15.4 Å². The number of benzene rings is 1. The van der Waals surface area contributed by atoms with E-state index in [9.17, 15) is 8.42 Å². The highest BCUT2D eigenvalue weighted by atomic mass is 35.5. The molecule has 0 aromatic heterocycles. The summed E-state index contributed by atoms with van der Waals surface area (Å²) in [6.07, 6.45) is 0. The van der Waals surface area contributed by atoms with Gasteiger partial charge in [0, 0.05) is 0 Å². The van der Waals surface area contributed by atoms with Crippen molar-refractivity contribution in [3.8, 4) is 0 Å². The summed E-state index contributed by atoms with van der Waals surface area (Å²) in [5.74, 6) is 0. The predicted octanol–water partition coefficient (Wildman–Crippen LogP) is 3.65. The van der Waals surface area contributed by atoms with Crippen molar-refractivity contribution in [3.63, 3.8) is 0 Å². The van der Waals surface area contributed by atoms with Crippen LogP contribution >= 0.6 is 34.8 Å². The van der Waals surface area contributed by atoms with Crippen molar-refractivity contribution >= 4 is 50.1 Å². The molecule has 0 spiro atoms. The number of halogens is 3. The summed E-state index contributed by atoms with van der Waals surface area (Å²) in [5, 5.41) is 2.88. The van der Waals surface area contributed by atoms with E-state index in [0.717, 1.165) is 0 Å². The van der Waals surface area contributed by atoms with Gasteiger partial charge in [-0.2, -0.15) is 8.42 Å². The lowest BCUT2D eigenvalue weighted by atomic mass is 10.2. The highest BCUT2D eigenvalue weighted by Crippen LogP contribution is 2.26. The minimum Gasteiger partial charge on any atom is -0.267 e. The van der Waals surface area contributed by atoms with Crippen LogP contribution in [0.3, 0.4) is 0 Å². The molecule has 4 nitrogen and oxygen atoms in total. The number of hydrogen-bond donors (Lipinski definition) is 0. The predicted molar refractivity (Wildman–Crippen MR) is 74.0 cm³/mol. The van der Waals surface area contributed by atoms with Crippen LogP contribution in [-0.4, -0.2) is 18.8 Å². The van der Waals surface area contributed by atoms with Crippen molar-refractivity contribution in [1.29, 1.82) is 0 Å². The molecule has 18 heavy (non-hydrogen) atoms. The molecule has 1 aromatic rings. The van der Waals surface area contributed by atoms with E-state index in [1.165, 1.54) is 13.8 Å². The second-order valence-electron chi connectivity index (χ2n) is 3.59. The molecule has 0 saturated heterocycles. The normalized spacial score (nSPS) is 12.9. The third kappa shape index (κ3) is 3.75. The van der Waals surface area contributed by atoms with E-state index >= 15 is 0 Å². The van der Waals surface area contributed by atoms with Gasteiger partial charge < -0.3 is 0 Å². The monoisotopic (exact) mass is 329 g/mol. The molecule has 0 saturated carbocycles. The fourth-order valence-corrected chi connectivity index (χ4v) is 2.21. The van der Waals surface area contributed by atoms with Crippen LogP contribution in [0.4, 0.5) is 0 Å². The zero-order valence-corrected chi connectivity index (χ0v) is 12.6. The summed E-state index contributed by atoms with van der Waals surface area (Å²) in [7, 11) is -3.79. The first-order valence-corrected chi connectivity index (χ1v) is 7.46. The van der Waals surface area contributed by atoms with E-state index in [2.05, 4.69) is 9.44 Å². The number of nitrogens with zero attached hydrogens (tertiary/aromatic N) is 1. The minimum atomic E-state index is -3.79. The van der Waals surface area contributed by atoms with Crippen molar-refractivity contribution in [1.82, 2.24) is 0 Å². The van der Waals surface area contributed by atoms with Crippen LogP contribution in [0.15, 0.2) is 23.4 Å². The molecule has 8 heteroatoms. The maximum atomic E-state index is 11.4. The number of oxime groups is 1. The molecule has 0 heterocycles. The largest absolute Gasteiger partial charge is 0.330 e. The highest BCUT2D eigenvalue weighted by Gasteiger charge is 2.19. The van der Waals surface area contributed by atoms with Crippen molar-refractivity contribution in [2.45, 2.75) is 19.1 Å². The van der Waals surface area contributed by atoms with Gasteiger partial charge in [0.2, 0.25) is 0 Å². The van der Waals surface area contributed by atoms with E-state index in [1.807, 2.05) is 0 Å². The van der Waals surface area contributed by atoms with Crippen LogP contribution in [-0.2, 0) is 14.4 Å². The van der Waals surface area contributed by atoms with Crippen molar-refractivity contribution in [3.05, 3.63) is 33.8 Å². The number of rotatable bonds is 4. The Balaban J connectivity index is 3.05. The molecule has 0 bridgehead atoms. The lowest BCUT2D eigenvalue weighted by Crippen LogP contribution is -2.15. The maximum absolute atomic E-state index is 11.4. The van der Waals surface area contributed by atoms with Crippen molar-refractivity contribution in [2.24, 2.45) is 5.16 Å². The Hall–Kier alpha value is -0.490. The van der Waals surface area contributed by atoms with Gasteiger partial charge in [-0.15, -0.1) is 0 Å². The second-order valence-corrected chi connectivity index (χ2v) is 6.84. The summed E-state index contributed by atoms with van der Waals surface area (Å²) in [6.45, 7) is 2.92. The van der Waals surface area contributed by atoms with Gasteiger partial charge in [-0.05, 0) is 26.0 Å². The smallest absolute Gasteiger partial charge is 0.267 e. The summed E-state index contributed by atoms with van der Waals surface area (Å²) >= 11 is 17.6. The van der Waals surface area contributed by atoms with E-state index in [1.54, 1.807) is 18.2 Å². The van der Waals surface area contributed by atoms with Gasteiger partial charge in [-0.25, -0.2) is 0 Å². The van der Waals surface area contributed by atoms with Gasteiger partial charge in [0.15, 0.2) is 5.17 Å². The van der Waals surface area contributed by atoms with Gasteiger partial charge in [0.25, 0.3) is 0 Å². The molecule has 0 aliphatic heterocycles. The topological polar surface area (TPSA) is 55.7 Å². The van der Waals surface area contributed by atoms with Crippen molar-refractivity contribution < 1.29 is 12.7 Å². The lowest BCUT2D eigenvalue weighted by Gasteiger charge is -2.06. The first-order valence-electron chi connectivity index (χ1n) is 4.86. The van der Waals surface area contributed by atoms with Crippen LogP contribution < -0.4 is 0 Å². The molecular formula is C10H10Cl3NO3S. The third-order valence-corrected chi connectivity index (χ3v) is 4.29. The standard InChI is InChI=1S/C10H10Cl3NO3S/c1-6(2)18(15,16)17-14-10(13)9-7(11)4-3-5-8(9)12/h3-6H,1-2H3/b14-10+. The molecule has 100 valence electrons. The molecular weight excluding hydrogens is 321 g/mol. The SMILES string of the molecule is CC(C)S(=O)(=O)O/N=C(/Cl)c1c(Cl)cccc1Cl. The second kappa shape index (κ2) is 6.10. The molecule has 1 rings (SSSR count). The fourth-order valence-electron chi connectivity index (χ4n) is 0.911. The average molecular weight is 331 g/mol. The highest BCUT2D eigenvalue weighted by molar-refractivity contribution is 7.87. The summed E-state index contributed by atoms with van der Waals surface area (Å²) in [4.78, 5) is 0. The van der Waals surface area contributed by atoms with Gasteiger partial charge in [0.05, 0.1) is 20.9 Å². The minimum absolute atomic E-state index is 0.224. The summed E-state index contributed by atoms with van der Waals surface area (Å²) in [5.41, 5.74) is 0.224. The molecule has 0 fully saturated rings. The zero-order chi connectivity index (χ0) is 13.9. The van der Waals surface area contributed by atoms with Gasteiger partial charge in [-0.1, -0.05) is 46.0 Å². The quantitative estimate of drug-likeness (QED) is 0.625. The summed E-state index contributed by atoms with van der Waals surface area (Å²) < 4.78 is 27.2. The first-order chi connectivity index (χ1) is 8.25. The first kappa shape index (κ1) is 15.6. The Morgan fingerprint density at radius 1 is 1.28 bits per heavy atom. The van der Waals surface area contributed by atoms with Gasteiger partial charge in [-0.3, -0.25) is 4.28 Å². The van der Waals surface area contributed by atoms with E-state index in [-0.39, 0.29) is 20.8 Å². The number of hydrogen-bond acceptors (Lipinski definition) is 4. The Morgan fingerprint density at radius 3 is 2.22 bits per heavy atom. The summed E-state index contributed by atoms with van der Waals surface area (Å²) in [6, 6.07) is 4.74. The molecule has 0 radical (unpaired) electrons. The molecule has 0 amide bonds. The van der Waals surface area contributed by atoms with Crippen LogP contribution in [0.25, 0.3) is 0 Å². The van der Waals surface area contributed by atoms with Gasteiger partial charge in [0.1, 0.15) is 0 Å². The molecule has 0 atom stereocenters. The lowest BCUT2D eigenvalue weighted by molar-refractivity contribution is 0.335. The Labute approximate surface area is 121 Å². The molecule has 0 N–H and O–H groups in total. The van der Waals surface area contributed by atoms with Crippen molar-refractivity contribution in [2.75, 3.05) is 0 Å². The fraction of sp³-hybridized carbons (Fsp3) is 0.300. The maximum Gasteiger partial charge on any atom is 0.330 e. The van der Waals surface area contributed by atoms with E-state index in [0.29, 0.717) is 0 Å². The van der Waals surface area contributed by atoms with E-state index in [4.69, 9.17) is 34.8 Å². The average Bonchev–Trinajstić information content (AvgIpc) is 2.26. The van der Waals surface area contributed by atoms with Crippen LogP contribution in [0.5, 0.6) is 0 Å². The Kier molecular flexibility index (Phi) is 5.28. The van der Waals surface area contributed by atoms with Crippen LogP contribution in [0.1, 0.15) is 19.4 Å².